The number of aliphatic carboxylic acids is 1. The van der Waals surface area contributed by atoms with Crippen LogP contribution in [0.2, 0.25) is 0 Å². The summed E-state index contributed by atoms with van der Waals surface area (Å²) in [5.74, 6) is -1.26. The Morgan fingerprint density at radius 1 is 1.53 bits per heavy atom. The van der Waals surface area contributed by atoms with Gasteiger partial charge in [0, 0.05) is 13.7 Å². The predicted octanol–water partition coefficient (Wildman–Crippen LogP) is 2.20. The molecule has 0 aromatic heterocycles. The third-order valence-corrected chi connectivity index (χ3v) is 2.35. The molecule has 0 fully saturated rings. The van der Waals surface area contributed by atoms with Gasteiger partial charge in [0.2, 0.25) is 0 Å². The van der Waals surface area contributed by atoms with Crippen molar-refractivity contribution in [1.82, 2.24) is 0 Å². The van der Waals surface area contributed by atoms with Gasteiger partial charge >= 0.3 is 5.97 Å². The molecule has 0 bridgehead atoms. The molecule has 0 aliphatic carbocycles. The van der Waals surface area contributed by atoms with E-state index in [0.29, 0.717) is 13.0 Å². The lowest BCUT2D eigenvalue weighted by atomic mass is 9.95. The van der Waals surface area contributed by atoms with Crippen LogP contribution in [-0.4, -0.2) is 24.8 Å². The van der Waals surface area contributed by atoms with Crippen molar-refractivity contribution in [3.8, 4) is 0 Å². The van der Waals surface area contributed by atoms with Crippen molar-refractivity contribution in [1.29, 1.82) is 0 Å². The second-order valence-corrected chi connectivity index (χ2v) is 3.59. The van der Waals surface area contributed by atoms with Crippen LogP contribution < -0.4 is 0 Å². The number of methoxy groups -OCH3 is 1. The van der Waals surface area contributed by atoms with E-state index < -0.39 is 11.9 Å². The molecule has 1 rings (SSSR count). The van der Waals surface area contributed by atoms with Crippen molar-refractivity contribution < 1.29 is 14.6 Å². The predicted molar refractivity (Wildman–Crippen MR) is 58.0 cm³/mol. The number of carboxylic acids is 1. The summed E-state index contributed by atoms with van der Waals surface area (Å²) < 4.78 is 4.91. The fraction of sp³-hybridized carbons (Fsp3) is 0.417. The molecule has 0 saturated carbocycles. The van der Waals surface area contributed by atoms with Gasteiger partial charge in [0.05, 0.1) is 5.92 Å². The Balaban J connectivity index is 2.84. The van der Waals surface area contributed by atoms with E-state index >= 15 is 0 Å². The highest BCUT2D eigenvalue weighted by atomic mass is 16.5. The molecule has 0 saturated heterocycles. The fourth-order valence-electron chi connectivity index (χ4n) is 1.56. The minimum atomic E-state index is -0.794. The van der Waals surface area contributed by atoms with Gasteiger partial charge in [-0.2, -0.15) is 0 Å². The molecule has 0 radical (unpaired) electrons. The summed E-state index contributed by atoms with van der Waals surface area (Å²) in [4.78, 5) is 11.1. The number of aryl methyl sites for hydroxylation is 1. The van der Waals surface area contributed by atoms with Crippen LogP contribution in [0, 0.1) is 6.92 Å². The van der Waals surface area contributed by atoms with Gasteiger partial charge in [0.25, 0.3) is 0 Å². The summed E-state index contributed by atoms with van der Waals surface area (Å²) in [6.45, 7) is 2.42. The van der Waals surface area contributed by atoms with Crippen molar-refractivity contribution in [2.75, 3.05) is 13.7 Å². The molecule has 1 N–H and O–H groups in total. The summed E-state index contributed by atoms with van der Waals surface area (Å²) in [6.07, 6.45) is 0.509. The van der Waals surface area contributed by atoms with Crippen LogP contribution in [0.5, 0.6) is 0 Å². The minimum absolute atomic E-state index is 0.463. The van der Waals surface area contributed by atoms with E-state index in [1.54, 1.807) is 7.11 Å². The number of rotatable bonds is 5. The van der Waals surface area contributed by atoms with Crippen molar-refractivity contribution in [2.45, 2.75) is 19.3 Å². The van der Waals surface area contributed by atoms with Gasteiger partial charge in [0.1, 0.15) is 0 Å². The lowest BCUT2D eigenvalue weighted by molar-refractivity contribution is -0.139. The van der Waals surface area contributed by atoms with Gasteiger partial charge in [0.15, 0.2) is 0 Å². The van der Waals surface area contributed by atoms with Crippen molar-refractivity contribution in [2.24, 2.45) is 0 Å². The standard InChI is InChI=1S/C12H16O3/c1-9-4-3-5-10(8-9)11(12(13)14)6-7-15-2/h3-5,8,11H,6-7H2,1-2H3,(H,13,14). The maximum absolute atomic E-state index is 11.1. The second kappa shape index (κ2) is 5.51. The second-order valence-electron chi connectivity index (χ2n) is 3.59. The largest absolute Gasteiger partial charge is 0.481 e. The first-order valence-electron chi connectivity index (χ1n) is 4.93. The first kappa shape index (κ1) is 11.7. The third kappa shape index (κ3) is 3.36. The van der Waals surface area contributed by atoms with E-state index in [1.165, 1.54) is 0 Å². The SMILES string of the molecule is COCCC(C(=O)O)c1cccc(C)c1. The Morgan fingerprint density at radius 2 is 2.27 bits per heavy atom. The molecule has 1 atom stereocenters. The number of hydrogen-bond acceptors (Lipinski definition) is 2. The monoisotopic (exact) mass is 208 g/mol. The molecular weight excluding hydrogens is 192 g/mol. The third-order valence-electron chi connectivity index (χ3n) is 2.35. The van der Waals surface area contributed by atoms with E-state index in [-0.39, 0.29) is 0 Å². The molecule has 15 heavy (non-hydrogen) atoms. The molecular formula is C12H16O3. The Kier molecular flexibility index (Phi) is 4.31. The normalized spacial score (nSPS) is 12.4. The molecule has 1 unspecified atom stereocenters. The van der Waals surface area contributed by atoms with E-state index in [2.05, 4.69) is 0 Å². The first-order chi connectivity index (χ1) is 7.15. The smallest absolute Gasteiger partial charge is 0.311 e. The van der Waals surface area contributed by atoms with Crippen molar-refractivity contribution >= 4 is 5.97 Å². The average molecular weight is 208 g/mol. The topological polar surface area (TPSA) is 46.5 Å². The molecule has 0 spiro atoms. The number of benzene rings is 1. The van der Waals surface area contributed by atoms with Gasteiger partial charge in [-0.1, -0.05) is 29.8 Å². The lowest BCUT2D eigenvalue weighted by Crippen LogP contribution is -2.13. The van der Waals surface area contributed by atoms with Crippen LogP contribution in [-0.2, 0) is 9.53 Å². The van der Waals surface area contributed by atoms with Crippen LogP contribution in [0.1, 0.15) is 23.5 Å². The Bertz CT molecular complexity index is 333. The number of carboxylic acid groups (broad SMARTS) is 1. The fourth-order valence-corrected chi connectivity index (χ4v) is 1.56. The summed E-state index contributed by atoms with van der Waals surface area (Å²) in [6, 6.07) is 7.60. The summed E-state index contributed by atoms with van der Waals surface area (Å²) in [5, 5.41) is 9.09. The zero-order valence-corrected chi connectivity index (χ0v) is 9.06. The molecule has 3 nitrogen and oxygen atoms in total. The zero-order chi connectivity index (χ0) is 11.3. The van der Waals surface area contributed by atoms with Gasteiger partial charge < -0.3 is 9.84 Å². The highest BCUT2D eigenvalue weighted by Gasteiger charge is 2.19. The van der Waals surface area contributed by atoms with E-state index in [9.17, 15) is 4.79 Å². The Hall–Kier alpha value is -1.35. The molecule has 1 aromatic rings. The van der Waals surface area contributed by atoms with Crippen LogP contribution in [0.4, 0.5) is 0 Å². The number of carbonyl (C=O) groups is 1. The molecule has 82 valence electrons. The van der Waals surface area contributed by atoms with Gasteiger partial charge in [-0.3, -0.25) is 4.79 Å². The van der Waals surface area contributed by atoms with Crippen LogP contribution in [0.3, 0.4) is 0 Å². The maximum Gasteiger partial charge on any atom is 0.311 e. The Labute approximate surface area is 89.7 Å². The Morgan fingerprint density at radius 3 is 2.80 bits per heavy atom. The van der Waals surface area contributed by atoms with Gasteiger partial charge in [-0.25, -0.2) is 0 Å². The molecule has 0 heterocycles. The molecule has 3 heteroatoms. The molecule has 0 aliphatic heterocycles. The van der Waals surface area contributed by atoms with E-state index in [4.69, 9.17) is 9.84 Å². The average Bonchev–Trinajstić information content (AvgIpc) is 2.18. The van der Waals surface area contributed by atoms with E-state index in [0.717, 1.165) is 11.1 Å². The highest BCUT2D eigenvalue weighted by molar-refractivity contribution is 5.76. The molecule has 1 aromatic carbocycles. The van der Waals surface area contributed by atoms with Gasteiger partial charge in [-0.05, 0) is 18.9 Å². The van der Waals surface area contributed by atoms with Crippen LogP contribution in [0.15, 0.2) is 24.3 Å². The van der Waals surface area contributed by atoms with E-state index in [1.807, 2.05) is 31.2 Å². The first-order valence-corrected chi connectivity index (χ1v) is 4.93. The number of hydrogen-bond donors (Lipinski definition) is 1. The highest BCUT2D eigenvalue weighted by Crippen LogP contribution is 2.20. The van der Waals surface area contributed by atoms with Crippen molar-refractivity contribution in [3.05, 3.63) is 35.4 Å². The minimum Gasteiger partial charge on any atom is -0.481 e. The number of ether oxygens (including phenoxy) is 1. The van der Waals surface area contributed by atoms with Crippen LogP contribution in [0.25, 0.3) is 0 Å². The van der Waals surface area contributed by atoms with Crippen molar-refractivity contribution in [3.63, 3.8) is 0 Å². The maximum atomic E-state index is 11.1. The quantitative estimate of drug-likeness (QED) is 0.806. The summed E-state index contributed by atoms with van der Waals surface area (Å²) in [5.41, 5.74) is 1.93. The molecule has 0 amide bonds. The zero-order valence-electron chi connectivity index (χ0n) is 9.06. The summed E-state index contributed by atoms with van der Waals surface area (Å²) >= 11 is 0. The van der Waals surface area contributed by atoms with Gasteiger partial charge in [-0.15, -0.1) is 0 Å². The molecule has 0 aliphatic rings. The summed E-state index contributed by atoms with van der Waals surface area (Å²) in [7, 11) is 1.58. The lowest BCUT2D eigenvalue weighted by Gasteiger charge is -2.12. The van der Waals surface area contributed by atoms with Crippen LogP contribution >= 0.6 is 0 Å².